The molecule has 6 heteroatoms. The summed E-state index contributed by atoms with van der Waals surface area (Å²) in [5.41, 5.74) is 2.51. The Morgan fingerprint density at radius 3 is 2.71 bits per heavy atom. The van der Waals surface area contributed by atoms with Crippen LogP contribution in [0, 0.1) is 13.8 Å². The Morgan fingerprint density at radius 1 is 1.29 bits per heavy atom. The lowest BCUT2D eigenvalue weighted by Crippen LogP contribution is -2.59. The minimum atomic E-state index is 0.107. The van der Waals surface area contributed by atoms with Crippen molar-refractivity contribution in [2.75, 3.05) is 33.3 Å². The fourth-order valence-electron chi connectivity index (χ4n) is 3.47. The number of piperidine rings is 1. The number of rotatable bonds is 1. The molecular formula is C15H24N4O2. The van der Waals surface area contributed by atoms with Crippen LogP contribution in [0.2, 0.25) is 0 Å². The van der Waals surface area contributed by atoms with E-state index >= 15 is 0 Å². The van der Waals surface area contributed by atoms with E-state index in [4.69, 9.17) is 4.74 Å². The van der Waals surface area contributed by atoms with Crippen LogP contribution < -0.4 is 0 Å². The summed E-state index contributed by atoms with van der Waals surface area (Å²) in [4.78, 5) is 17.1. The first-order chi connectivity index (χ1) is 9.99. The molecule has 0 radical (unpaired) electrons. The smallest absolute Gasteiger partial charge is 0.257 e. The molecule has 0 unspecified atom stereocenters. The molecule has 2 atom stereocenters. The number of carbonyl (C=O) groups is 1. The molecule has 1 amide bonds. The Morgan fingerprint density at radius 2 is 2.05 bits per heavy atom. The summed E-state index contributed by atoms with van der Waals surface area (Å²) in [5.74, 6) is 0.107. The van der Waals surface area contributed by atoms with Gasteiger partial charge in [-0.05, 0) is 27.3 Å². The Bertz CT molecular complexity index is 554. The lowest BCUT2D eigenvalue weighted by atomic mass is 9.98. The fraction of sp³-hybridized carbons (Fsp3) is 0.733. The van der Waals surface area contributed by atoms with Crippen LogP contribution in [0.4, 0.5) is 0 Å². The third-order valence-corrected chi connectivity index (χ3v) is 4.87. The highest BCUT2D eigenvalue weighted by molar-refractivity contribution is 5.96. The van der Waals surface area contributed by atoms with Crippen molar-refractivity contribution in [3.8, 4) is 0 Å². The Kier molecular flexibility index (Phi) is 3.75. The van der Waals surface area contributed by atoms with Crippen LogP contribution in [-0.4, -0.2) is 70.9 Å². The van der Waals surface area contributed by atoms with Crippen molar-refractivity contribution in [1.82, 2.24) is 19.6 Å². The highest BCUT2D eigenvalue weighted by atomic mass is 16.5. The molecule has 116 valence electrons. The minimum absolute atomic E-state index is 0.107. The number of nitrogens with zero attached hydrogens (tertiary/aromatic N) is 4. The van der Waals surface area contributed by atoms with Crippen LogP contribution in [0.15, 0.2) is 0 Å². The molecule has 2 fully saturated rings. The predicted octanol–water partition coefficient (Wildman–Crippen LogP) is 0.582. The molecule has 0 spiro atoms. The number of fused-ring (bicyclic) bond motifs is 1. The molecule has 21 heavy (non-hydrogen) atoms. The number of likely N-dealkylation sites (tertiary alicyclic amines) is 1. The van der Waals surface area contributed by atoms with E-state index in [0.29, 0.717) is 6.04 Å². The molecule has 2 aliphatic heterocycles. The molecule has 0 saturated carbocycles. The number of hydrogen-bond donors (Lipinski definition) is 0. The number of aromatic nitrogens is 2. The van der Waals surface area contributed by atoms with Gasteiger partial charge in [0, 0.05) is 32.4 Å². The van der Waals surface area contributed by atoms with Crippen LogP contribution in [0.25, 0.3) is 0 Å². The van der Waals surface area contributed by atoms with Gasteiger partial charge in [0.25, 0.3) is 5.91 Å². The van der Waals surface area contributed by atoms with Gasteiger partial charge in [0.2, 0.25) is 0 Å². The fourth-order valence-corrected chi connectivity index (χ4v) is 3.47. The molecule has 2 aliphatic rings. The van der Waals surface area contributed by atoms with Crippen LogP contribution in [-0.2, 0) is 11.8 Å². The highest BCUT2D eigenvalue weighted by Gasteiger charge is 2.37. The van der Waals surface area contributed by atoms with E-state index < -0.39 is 0 Å². The average molecular weight is 292 g/mol. The van der Waals surface area contributed by atoms with Gasteiger partial charge >= 0.3 is 0 Å². The van der Waals surface area contributed by atoms with E-state index in [2.05, 4.69) is 17.0 Å². The maximum atomic E-state index is 12.8. The summed E-state index contributed by atoms with van der Waals surface area (Å²) >= 11 is 0. The van der Waals surface area contributed by atoms with Crippen LogP contribution >= 0.6 is 0 Å². The van der Waals surface area contributed by atoms with Gasteiger partial charge in [-0.2, -0.15) is 5.10 Å². The number of aryl methyl sites for hydroxylation is 2. The van der Waals surface area contributed by atoms with Gasteiger partial charge in [0.15, 0.2) is 0 Å². The lowest BCUT2D eigenvalue weighted by molar-refractivity contribution is -0.0893. The van der Waals surface area contributed by atoms with Crippen LogP contribution in [0.3, 0.4) is 0 Å². The van der Waals surface area contributed by atoms with Crippen molar-refractivity contribution in [2.24, 2.45) is 7.05 Å². The molecular weight excluding hydrogens is 268 g/mol. The summed E-state index contributed by atoms with van der Waals surface area (Å²) in [6, 6.07) is 0.314. The molecule has 0 N–H and O–H groups in total. The van der Waals surface area contributed by atoms with Gasteiger partial charge in [-0.3, -0.25) is 14.4 Å². The first-order valence-corrected chi connectivity index (χ1v) is 7.60. The SMILES string of the molecule is Cc1nn(C)c(C)c1C(=O)N1CC[C@H]2OCCN(C)[C@H]2C1. The maximum absolute atomic E-state index is 12.8. The van der Waals surface area contributed by atoms with Crippen molar-refractivity contribution in [3.63, 3.8) is 0 Å². The standard InChI is InChI=1S/C15H24N4O2/c1-10-14(11(2)18(4)16-10)15(20)19-6-5-13-12(9-19)17(3)7-8-21-13/h12-13H,5-9H2,1-4H3/t12-,13+/m0/s1. The predicted molar refractivity (Wildman–Crippen MR) is 79.4 cm³/mol. The van der Waals surface area contributed by atoms with Crippen molar-refractivity contribution in [3.05, 3.63) is 17.0 Å². The molecule has 6 nitrogen and oxygen atoms in total. The number of carbonyl (C=O) groups excluding carboxylic acids is 1. The summed E-state index contributed by atoms with van der Waals surface area (Å²) < 4.78 is 7.62. The monoisotopic (exact) mass is 292 g/mol. The molecule has 0 bridgehead atoms. The van der Waals surface area contributed by atoms with Gasteiger partial charge in [0.1, 0.15) is 0 Å². The van der Waals surface area contributed by atoms with Crippen molar-refractivity contribution < 1.29 is 9.53 Å². The quantitative estimate of drug-likeness (QED) is 0.760. The summed E-state index contributed by atoms with van der Waals surface area (Å²) in [6.45, 7) is 7.11. The van der Waals surface area contributed by atoms with Gasteiger partial charge in [-0.25, -0.2) is 0 Å². The van der Waals surface area contributed by atoms with Crippen molar-refractivity contribution in [2.45, 2.75) is 32.4 Å². The van der Waals surface area contributed by atoms with E-state index in [-0.39, 0.29) is 12.0 Å². The zero-order valence-corrected chi connectivity index (χ0v) is 13.3. The number of likely N-dealkylation sites (N-methyl/N-ethyl adjacent to an activating group) is 1. The van der Waals surface area contributed by atoms with Gasteiger partial charge in [-0.1, -0.05) is 0 Å². The van der Waals surface area contributed by atoms with Crippen LogP contribution in [0.5, 0.6) is 0 Å². The van der Waals surface area contributed by atoms with E-state index in [1.54, 1.807) is 4.68 Å². The lowest BCUT2D eigenvalue weighted by Gasteiger charge is -2.45. The Balaban J connectivity index is 1.79. The van der Waals surface area contributed by atoms with E-state index in [9.17, 15) is 4.79 Å². The van der Waals surface area contributed by atoms with E-state index in [1.807, 2.05) is 25.8 Å². The summed E-state index contributed by atoms with van der Waals surface area (Å²) in [6.07, 6.45) is 1.18. The normalized spacial score (nSPS) is 26.8. The highest BCUT2D eigenvalue weighted by Crippen LogP contribution is 2.24. The molecule has 3 heterocycles. The topological polar surface area (TPSA) is 50.6 Å². The second-order valence-corrected chi connectivity index (χ2v) is 6.17. The van der Waals surface area contributed by atoms with E-state index in [0.717, 1.165) is 49.6 Å². The van der Waals surface area contributed by atoms with Gasteiger partial charge in [-0.15, -0.1) is 0 Å². The molecule has 1 aromatic rings. The van der Waals surface area contributed by atoms with Gasteiger partial charge in [0.05, 0.1) is 30.0 Å². The van der Waals surface area contributed by atoms with Crippen LogP contribution in [0.1, 0.15) is 28.2 Å². The molecule has 3 rings (SSSR count). The van der Waals surface area contributed by atoms with E-state index in [1.165, 1.54) is 0 Å². The Hall–Kier alpha value is -1.40. The van der Waals surface area contributed by atoms with Crippen molar-refractivity contribution in [1.29, 1.82) is 0 Å². The molecule has 0 aliphatic carbocycles. The summed E-state index contributed by atoms with van der Waals surface area (Å²) in [7, 11) is 4.00. The largest absolute Gasteiger partial charge is 0.375 e. The number of amides is 1. The third kappa shape index (κ3) is 2.46. The van der Waals surface area contributed by atoms with Crippen molar-refractivity contribution >= 4 is 5.91 Å². The number of ether oxygens (including phenoxy) is 1. The second kappa shape index (κ2) is 5.42. The maximum Gasteiger partial charge on any atom is 0.257 e. The second-order valence-electron chi connectivity index (χ2n) is 6.17. The summed E-state index contributed by atoms with van der Waals surface area (Å²) in [5, 5.41) is 4.36. The first kappa shape index (κ1) is 14.5. The minimum Gasteiger partial charge on any atom is -0.375 e. The molecule has 2 saturated heterocycles. The molecule has 1 aromatic heterocycles. The first-order valence-electron chi connectivity index (χ1n) is 7.60. The Labute approximate surface area is 125 Å². The zero-order valence-electron chi connectivity index (χ0n) is 13.3. The van der Waals surface area contributed by atoms with Gasteiger partial charge < -0.3 is 9.64 Å². The number of morpholine rings is 1. The average Bonchev–Trinajstić information content (AvgIpc) is 2.71. The molecule has 0 aromatic carbocycles. The number of hydrogen-bond acceptors (Lipinski definition) is 4. The zero-order chi connectivity index (χ0) is 15.1. The third-order valence-electron chi connectivity index (χ3n) is 4.87.